The number of nitrogens with one attached hydrogen (secondary N) is 1. The molecule has 3 aromatic carbocycles. The second kappa shape index (κ2) is 10.3. The van der Waals surface area contributed by atoms with Gasteiger partial charge in [0.05, 0.1) is 5.69 Å². The van der Waals surface area contributed by atoms with Crippen molar-refractivity contribution in [2.75, 3.05) is 5.32 Å². The summed E-state index contributed by atoms with van der Waals surface area (Å²) in [4.78, 5) is 16.7. The Labute approximate surface area is 197 Å². The highest BCUT2D eigenvalue weighted by atomic mass is 79.9. The van der Waals surface area contributed by atoms with Crippen molar-refractivity contribution in [1.82, 2.24) is 4.98 Å². The number of hydrogen-bond acceptors (Lipinski definition) is 4. The van der Waals surface area contributed by atoms with Gasteiger partial charge >= 0.3 is 0 Å². The fourth-order valence-electron chi connectivity index (χ4n) is 2.87. The van der Waals surface area contributed by atoms with Crippen LogP contribution < -0.4 is 10.1 Å². The van der Waals surface area contributed by atoms with E-state index in [0.29, 0.717) is 10.9 Å². The van der Waals surface area contributed by atoms with E-state index >= 15 is 0 Å². The highest BCUT2D eigenvalue weighted by Gasteiger charge is 2.06. The lowest BCUT2D eigenvalue weighted by Crippen LogP contribution is -2.07. The lowest BCUT2D eigenvalue weighted by atomic mass is 10.2. The van der Waals surface area contributed by atoms with Crippen LogP contribution >= 0.6 is 27.3 Å². The molecule has 0 aliphatic rings. The zero-order chi connectivity index (χ0) is 22.3. The van der Waals surface area contributed by atoms with Crippen molar-refractivity contribution in [2.45, 2.75) is 6.61 Å². The zero-order valence-corrected chi connectivity index (χ0v) is 19.2. The molecule has 0 aliphatic heterocycles. The van der Waals surface area contributed by atoms with E-state index < -0.39 is 0 Å². The van der Waals surface area contributed by atoms with Crippen LogP contribution in [-0.2, 0) is 11.4 Å². The number of carbonyl (C=O) groups excluding carboxylic acids is 1. The van der Waals surface area contributed by atoms with Crippen molar-refractivity contribution < 1.29 is 13.9 Å². The van der Waals surface area contributed by atoms with Crippen molar-refractivity contribution in [3.05, 3.63) is 106 Å². The van der Waals surface area contributed by atoms with E-state index in [1.54, 1.807) is 12.1 Å². The summed E-state index contributed by atoms with van der Waals surface area (Å²) in [5.41, 5.74) is 3.42. The van der Waals surface area contributed by atoms with Gasteiger partial charge in [0.25, 0.3) is 0 Å². The molecule has 0 saturated heterocycles. The first kappa shape index (κ1) is 21.9. The van der Waals surface area contributed by atoms with Crippen molar-refractivity contribution in [2.24, 2.45) is 0 Å². The molecule has 32 heavy (non-hydrogen) atoms. The number of aromatic nitrogens is 1. The van der Waals surface area contributed by atoms with Crippen LogP contribution in [0.4, 0.5) is 9.52 Å². The van der Waals surface area contributed by atoms with Crippen LogP contribution in [0.1, 0.15) is 11.1 Å². The summed E-state index contributed by atoms with van der Waals surface area (Å²) in [6.07, 6.45) is 3.18. The Morgan fingerprint density at radius 1 is 1.09 bits per heavy atom. The predicted molar refractivity (Wildman–Crippen MR) is 130 cm³/mol. The molecule has 0 bridgehead atoms. The summed E-state index contributed by atoms with van der Waals surface area (Å²) in [6, 6.07) is 21.5. The summed E-state index contributed by atoms with van der Waals surface area (Å²) in [5, 5.41) is 5.23. The Morgan fingerprint density at radius 3 is 2.62 bits per heavy atom. The average molecular weight is 509 g/mol. The van der Waals surface area contributed by atoms with Gasteiger partial charge in [-0.1, -0.05) is 52.3 Å². The van der Waals surface area contributed by atoms with E-state index in [-0.39, 0.29) is 18.3 Å². The minimum absolute atomic E-state index is 0.256. The standard InChI is InChI=1S/C25H18BrFN2O2S/c26-20-9-7-19(8-10-20)23-16-32-25(28-23)29-24(30)13-6-17-4-11-22(12-5-17)31-15-18-2-1-3-21(27)14-18/h1-14,16H,15H2,(H,28,29,30)/b13-6-. The molecule has 1 heterocycles. The van der Waals surface area contributed by atoms with Crippen LogP contribution in [-0.4, -0.2) is 10.9 Å². The van der Waals surface area contributed by atoms with Gasteiger partial charge in [-0.05, 0) is 53.6 Å². The summed E-state index contributed by atoms with van der Waals surface area (Å²) in [5.74, 6) is 0.124. The average Bonchev–Trinajstić information content (AvgIpc) is 3.26. The fourth-order valence-corrected chi connectivity index (χ4v) is 3.86. The molecule has 4 nitrogen and oxygen atoms in total. The van der Waals surface area contributed by atoms with Gasteiger partial charge in [0.15, 0.2) is 5.13 Å². The maximum atomic E-state index is 13.2. The number of hydrogen-bond donors (Lipinski definition) is 1. The van der Waals surface area contributed by atoms with Gasteiger partial charge in [-0.25, -0.2) is 9.37 Å². The number of halogens is 2. The number of amides is 1. The smallest absolute Gasteiger partial charge is 0.250 e. The maximum Gasteiger partial charge on any atom is 0.250 e. The van der Waals surface area contributed by atoms with Crippen molar-refractivity contribution in [3.8, 4) is 17.0 Å². The Hall–Kier alpha value is -3.29. The Kier molecular flexibility index (Phi) is 7.09. The second-order valence-corrected chi connectivity index (χ2v) is 8.63. The van der Waals surface area contributed by atoms with E-state index in [9.17, 15) is 9.18 Å². The van der Waals surface area contributed by atoms with Gasteiger partial charge in [0.2, 0.25) is 5.91 Å². The minimum Gasteiger partial charge on any atom is -0.489 e. The van der Waals surface area contributed by atoms with Crippen LogP contribution in [0, 0.1) is 5.82 Å². The number of ether oxygens (including phenoxy) is 1. The number of rotatable bonds is 7. The summed E-state index contributed by atoms with van der Waals surface area (Å²) < 4.78 is 19.9. The topological polar surface area (TPSA) is 51.2 Å². The van der Waals surface area contributed by atoms with Crippen molar-refractivity contribution in [3.63, 3.8) is 0 Å². The van der Waals surface area contributed by atoms with Crippen LogP contribution in [0.15, 0.2) is 88.7 Å². The van der Waals surface area contributed by atoms with E-state index in [4.69, 9.17) is 4.74 Å². The fraction of sp³-hybridized carbons (Fsp3) is 0.0400. The van der Waals surface area contributed by atoms with E-state index in [0.717, 1.165) is 26.9 Å². The second-order valence-electron chi connectivity index (χ2n) is 6.86. The lowest BCUT2D eigenvalue weighted by Gasteiger charge is -2.06. The molecule has 1 aromatic heterocycles. The first-order valence-corrected chi connectivity index (χ1v) is 11.4. The van der Waals surface area contributed by atoms with Crippen LogP contribution in [0.3, 0.4) is 0 Å². The van der Waals surface area contributed by atoms with Gasteiger partial charge in [-0.3, -0.25) is 10.1 Å². The number of carbonyl (C=O) groups is 1. The molecule has 1 N–H and O–H groups in total. The molecule has 0 aliphatic carbocycles. The highest BCUT2D eigenvalue weighted by Crippen LogP contribution is 2.26. The SMILES string of the molecule is O=C(/C=C\c1ccc(OCc2cccc(F)c2)cc1)Nc1nc(-c2ccc(Br)cc2)cs1. The third kappa shape index (κ3) is 6.12. The predicted octanol–water partition coefficient (Wildman–Crippen LogP) is 6.94. The van der Waals surface area contributed by atoms with Gasteiger partial charge < -0.3 is 4.74 Å². The van der Waals surface area contributed by atoms with E-state index in [1.807, 2.05) is 60.0 Å². The molecule has 0 radical (unpaired) electrons. The molecular weight excluding hydrogens is 491 g/mol. The molecule has 4 rings (SSSR count). The van der Waals surface area contributed by atoms with E-state index in [2.05, 4.69) is 26.2 Å². The number of nitrogens with zero attached hydrogens (tertiary/aromatic N) is 1. The van der Waals surface area contributed by atoms with Gasteiger partial charge in [-0.2, -0.15) is 0 Å². The summed E-state index contributed by atoms with van der Waals surface area (Å²) >= 11 is 4.79. The molecule has 0 fully saturated rings. The normalized spacial score (nSPS) is 10.9. The van der Waals surface area contributed by atoms with Crippen molar-refractivity contribution >= 4 is 44.4 Å². The summed E-state index contributed by atoms with van der Waals surface area (Å²) in [7, 11) is 0. The third-order valence-corrected chi connectivity index (χ3v) is 5.76. The molecule has 4 aromatic rings. The molecule has 7 heteroatoms. The Morgan fingerprint density at radius 2 is 1.88 bits per heavy atom. The van der Waals surface area contributed by atoms with Crippen LogP contribution in [0.5, 0.6) is 5.75 Å². The number of anilines is 1. The van der Waals surface area contributed by atoms with Gasteiger partial charge in [0.1, 0.15) is 18.2 Å². The van der Waals surface area contributed by atoms with Crippen LogP contribution in [0.2, 0.25) is 0 Å². The quantitative estimate of drug-likeness (QED) is 0.275. The first-order chi connectivity index (χ1) is 15.5. The van der Waals surface area contributed by atoms with E-state index in [1.165, 1.54) is 29.5 Å². The summed E-state index contributed by atoms with van der Waals surface area (Å²) in [6.45, 7) is 0.283. The Bertz CT molecular complexity index is 1240. The number of thiazole rings is 1. The highest BCUT2D eigenvalue weighted by molar-refractivity contribution is 9.10. The molecule has 0 atom stereocenters. The van der Waals surface area contributed by atoms with Gasteiger partial charge in [-0.15, -0.1) is 11.3 Å². The first-order valence-electron chi connectivity index (χ1n) is 9.73. The van der Waals surface area contributed by atoms with Gasteiger partial charge in [0, 0.05) is 21.5 Å². The molecule has 0 saturated carbocycles. The monoisotopic (exact) mass is 508 g/mol. The lowest BCUT2D eigenvalue weighted by molar-refractivity contribution is -0.111. The maximum absolute atomic E-state index is 13.2. The van der Waals surface area contributed by atoms with Crippen LogP contribution in [0.25, 0.3) is 17.3 Å². The molecule has 160 valence electrons. The number of benzene rings is 3. The molecule has 1 amide bonds. The third-order valence-electron chi connectivity index (χ3n) is 4.48. The minimum atomic E-state index is -0.285. The zero-order valence-electron chi connectivity index (χ0n) is 16.8. The molecule has 0 unspecified atom stereocenters. The largest absolute Gasteiger partial charge is 0.489 e. The van der Waals surface area contributed by atoms with Crippen molar-refractivity contribution in [1.29, 1.82) is 0 Å². The molecular formula is C25H18BrFN2O2S. The molecule has 0 spiro atoms. The Balaban J connectivity index is 1.30.